The van der Waals surface area contributed by atoms with Crippen LogP contribution in [0.1, 0.15) is 45.9 Å². The van der Waals surface area contributed by atoms with Gasteiger partial charge in [-0.3, -0.25) is 0 Å². The van der Waals surface area contributed by atoms with Crippen LogP contribution in [0.5, 0.6) is 0 Å². The summed E-state index contributed by atoms with van der Waals surface area (Å²) >= 11 is 5.36. The van der Waals surface area contributed by atoms with Gasteiger partial charge in [-0.05, 0) is 67.1 Å². The lowest BCUT2D eigenvalue weighted by Crippen LogP contribution is -2.42. The molecule has 1 rings (SSSR count). The molecule has 0 saturated carbocycles. The fourth-order valence-electron chi connectivity index (χ4n) is 1.54. The molecule has 17 heavy (non-hydrogen) atoms. The van der Waals surface area contributed by atoms with Crippen molar-refractivity contribution in [3.8, 4) is 0 Å². The van der Waals surface area contributed by atoms with E-state index in [9.17, 15) is 0 Å². The van der Waals surface area contributed by atoms with Crippen molar-refractivity contribution in [2.75, 3.05) is 6.54 Å². The van der Waals surface area contributed by atoms with Gasteiger partial charge in [0.05, 0.1) is 3.79 Å². The molecule has 0 aliphatic carbocycles. The lowest BCUT2D eigenvalue weighted by molar-refractivity contribution is 0.274. The van der Waals surface area contributed by atoms with Crippen LogP contribution in [0.15, 0.2) is 15.9 Å². The van der Waals surface area contributed by atoms with Gasteiger partial charge in [-0.1, -0.05) is 13.8 Å². The van der Waals surface area contributed by atoms with Crippen LogP contribution in [0.3, 0.4) is 0 Å². The van der Waals surface area contributed by atoms with E-state index in [4.69, 9.17) is 0 Å². The first-order chi connectivity index (χ1) is 7.68. The highest BCUT2D eigenvalue weighted by molar-refractivity contribution is 9.11. The van der Waals surface area contributed by atoms with Gasteiger partial charge in [0.25, 0.3) is 0 Å². The maximum Gasteiger partial charge on any atom is 0.0701 e. The average molecular weight is 318 g/mol. The van der Waals surface area contributed by atoms with Crippen LogP contribution in [-0.4, -0.2) is 12.1 Å². The third-order valence-electron chi connectivity index (χ3n) is 2.77. The van der Waals surface area contributed by atoms with Gasteiger partial charge in [0.2, 0.25) is 0 Å². The molecule has 0 aromatic carbocycles. The second-order valence-electron chi connectivity index (χ2n) is 6.47. The van der Waals surface area contributed by atoms with E-state index < -0.39 is 0 Å². The summed E-state index contributed by atoms with van der Waals surface area (Å²) < 4.78 is 1.23. The van der Waals surface area contributed by atoms with Gasteiger partial charge >= 0.3 is 0 Å². The van der Waals surface area contributed by atoms with Crippen molar-refractivity contribution in [3.63, 3.8) is 0 Å². The monoisotopic (exact) mass is 317 g/mol. The van der Waals surface area contributed by atoms with Crippen molar-refractivity contribution in [2.24, 2.45) is 5.41 Å². The molecule has 0 bridgehead atoms. The summed E-state index contributed by atoms with van der Waals surface area (Å²) in [6, 6.07) is 4.36. The zero-order chi connectivity index (χ0) is 13.1. The predicted molar refractivity (Wildman–Crippen MR) is 81.9 cm³/mol. The maximum absolute atomic E-state index is 3.60. The molecule has 0 amide bonds. The number of nitrogens with one attached hydrogen (secondary N) is 1. The molecule has 1 nitrogen and oxygen atoms in total. The van der Waals surface area contributed by atoms with Crippen LogP contribution in [0.25, 0.3) is 0 Å². The molecule has 0 saturated heterocycles. The number of rotatable bonds is 5. The smallest absolute Gasteiger partial charge is 0.0701 e. The van der Waals surface area contributed by atoms with Crippen LogP contribution in [0, 0.1) is 5.41 Å². The van der Waals surface area contributed by atoms with Gasteiger partial charge in [-0.2, -0.15) is 0 Å². The predicted octanol–water partition coefficient (Wildman–Crippen LogP) is 4.86. The largest absolute Gasteiger partial charge is 0.312 e. The third-order valence-corrected chi connectivity index (χ3v) is 4.46. The molecule has 1 heterocycles. The summed E-state index contributed by atoms with van der Waals surface area (Å²) in [6.45, 7) is 12.4. The minimum absolute atomic E-state index is 0.212. The standard InChI is InChI=1S/C14H24BrNS/c1-13(2,3)16-10-14(4,5)9-8-11-6-7-12(15)17-11/h6-7,16H,8-10H2,1-5H3. The van der Waals surface area contributed by atoms with Gasteiger partial charge in [-0.15, -0.1) is 11.3 Å². The molecule has 0 aliphatic heterocycles. The minimum Gasteiger partial charge on any atom is -0.312 e. The van der Waals surface area contributed by atoms with E-state index in [1.807, 2.05) is 11.3 Å². The van der Waals surface area contributed by atoms with Crippen molar-refractivity contribution in [1.29, 1.82) is 0 Å². The second kappa shape index (κ2) is 5.85. The molecule has 0 unspecified atom stereocenters. The van der Waals surface area contributed by atoms with E-state index in [1.165, 1.54) is 21.5 Å². The SMILES string of the molecule is CC(C)(CCc1ccc(Br)s1)CNC(C)(C)C. The molecule has 0 spiro atoms. The highest BCUT2D eigenvalue weighted by atomic mass is 79.9. The van der Waals surface area contributed by atoms with Gasteiger partial charge in [-0.25, -0.2) is 0 Å². The fourth-order valence-corrected chi connectivity index (χ4v) is 3.02. The van der Waals surface area contributed by atoms with Crippen LogP contribution in [0.4, 0.5) is 0 Å². The number of hydrogen-bond acceptors (Lipinski definition) is 2. The fraction of sp³-hybridized carbons (Fsp3) is 0.714. The number of aryl methyl sites for hydroxylation is 1. The first kappa shape index (κ1) is 15.2. The van der Waals surface area contributed by atoms with Crippen LogP contribution in [-0.2, 0) is 6.42 Å². The van der Waals surface area contributed by atoms with Crippen LogP contribution >= 0.6 is 27.3 Å². The van der Waals surface area contributed by atoms with Crippen LogP contribution in [0.2, 0.25) is 0 Å². The molecule has 3 heteroatoms. The second-order valence-corrected chi connectivity index (χ2v) is 9.02. The van der Waals surface area contributed by atoms with Gasteiger partial charge in [0.15, 0.2) is 0 Å². The molecule has 1 aromatic rings. The zero-order valence-corrected chi connectivity index (χ0v) is 14.0. The maximum atomic E-state index is 3.60. The van der Waals surface area contributed by atoms with Crippen LogP contribution < -0.4 is 5.32 Å². The van der Waals surface area contributed by atoms with E-state index >= 15 is 0 Å². The summed E-state index contributed by atoms with van der Waals surface area (Å²) in [5.41, 5.74) is 0.562. The summed E-state index contributed by atoms with van der Waals surface area (Å²) in [5.74, 6) is 0. The summed E-state index contributed by atoms with van der Waals surface area (Å²) in [6.07, 6.45) is 2.40. The zero-order valence-electron chi connectivity index (χ0n) is 11.6. The van der Waals surface area contributed by atoms with Gasteiger partial charge in [0, 0.05) is 17.0 Å². The highest BCUT2D eigenvalue weighted by Crippen LogP contribution is 2.28. The Hall–Kier alpha value is 0.140. The number of halogens is 1. The molecular weight excluding hydrogens is 294 g/mol. The highest BCUT2D eigenvalue weighted by Gasteiger charge is 2.20. The van der Waals surface area contributed by atoms with E-state index in [1.54, 1.807) is 0 Å². The topological polar surface area (TPSA) is 12.0 Å². The first-order valence-electron chi connectivity index (χ1n) is 6.17. The molecule has 0 fully saturated rings. The third kappa shape index (κ3) is 6.58. The Morgan fingerprint density at radius 1 is 1.18 bits per heavy atom. The Balaban J connectivity index is 2.39. The lowest BCUT2D eigenvalue weighted by Gasteiger charge is -2.30. The molecule has 0 atom stereocenters. The van der Waals surface area contributed by atoms with E-state index in [0.717, 1.165) is 6.54 Å². The first-order valence-corrected chi connectivity index (χ1v) is 7.78. The molecule has 0 aliphatic rings. The quantitative estimate of drug-likeness (QED) is 0.818. The van der Waals surface area contributed by atoms with Crippen molar-refractivity contribution < 1.29 is 0 Å². The van der Waals surface area contributed by atoms with Crippen molar-refractivity contribution in [2.45, 2.75) is 53.0 Å². The van der Waals surface area contributed by atoms with Crippen molar-refractivity contribution in [3.05, 3.63) is 20.8 Å². The van der Waals surface area contributed by atoms with Crippen molar-refractivity contribution >= 4 is 27.3 Å². The molecule has 98 valence electrons. The Morgan fingerprint density at radius 3 is 2.29 bits per heavy atom. The Labute approximate surface area is 118 Å². The van der Waals surface area contributed by atoms with E-state index in [2.05, 4.69) is 68.0 Å². The number of thiophene rings is 1. The summed E-state index contributed by atoms with van der Waals surface area (Å²) in [7, 11) is 0. The normalized spacial score (nSPS) is 13.1. The van der Waals surface area contributed by atoms with Gasteiger partial charge < -0.3 is 5.32 Å². The molecule has 0 radical (unpaired) electrons. The van der Waals surface area contributed by atoms with Gasteiger partial charge in [0.1, 0.15) is 0 Å². The van der Waals surface area contributed by atoms with Crippen molar-refractivity contribution in [1.82, 2.24) is 5.32 Å². The molecule has 1 N–H and O–H groups in total. The number of hydrogen-bond donors (Lipinski definition) is 1. The van der Waals surface area contributed by atoms with E-state index in [0.29, 0.717) is 5.41 Å². The molecule has 1 aromatic heterocycles. The minimum atomic E-state index is 0.212. The lowest BCUT2D eigenvalue weighted by atomic mass is 9.86. The summed E-state index contributed by atoms with van der Waals surface area (Å²) in [5, 5.41) is 3.60. The Kier molecular flexibility index (Phi) is 5.23. The molecular formula is C14H24BrNS. The Morgan fingerprint density at radius 2 is 1.82 bits per heavy atom. The van der Waals surface area contributed by atoms with E-state index in [-0.39, 0.29) is 5.54 Å². The average Bonchev–Trinajstić information content (AvgIpc) is 2.58. The summed E-state index contributed by atoms with van der Waals surface area (Å²) in [4.78, 5) is 1.47. The Bertz CT molecular complexity index is 349.